The summed E-state index contributed by atoms with van der Waals surface area (Å²) in [5, 5.41) is 3.41. The van der Waals surface area contributed by atoms with Crippen LogP contribution in [-0.4, -0.2) is 49.2 Å². The van der Waals surface area contributed by atoms with Crippen LogP contribution in [0.2, 0.25) is 0 Å². The van der Waals surface area contributed by atoms with E-state index in [4.69, 9.17) is 4.74 Å². The molecule has 1 N–H and O–H groups in total. The first-order valence-corrected chi connectivity index (χ1v) is 7.36. The molecular weight excluding hydrogens is 264 g/mol. The Kier molecular flexibility index (Phi) is 5.09. The summed E-state index contributed by atoms with van der Waals surface area (Å²) in [5.41, 5.74) is 0. The van der Waals surface area contributed by atoms with Gasteiger partial charge in [-0.05, 0) is 38.0 Å². The van der Waals surface area contributed by atoms with Crippen molar-refractivity contribution in [3.05, 3.63) is 0 Å². The van der Waals surface area contributed by atoms with Gasteiger partial charge in [-0.3, -0.25) is 4.79 Å². The van der Waals surface area contributed by atoms with Crippen LogP contribution in [0.1, 0.15) is 32.6 Å². The lowest BCUT2D eigenvalue weighted by molar-refractivity contribution is -0.131. The highest BCUT2D eigenvalue weighted by Crippen LogP contribution is 2.28. The van der Waals surface area contributed by atoms with Crippen LogP contribution in [0.5, 0.6) is 0 Å². The minimum absolute atomic E-state index is 0. The van der Waals surface area contributed by atoms with Crippen molar-refractivity contribution in [2.45, 2.75) is 44.8 Å². The molecule has 0 aromatic carbocycles. The zero-order valence-electron chi connectivity index (χ0n) is 11.6. The SMILES string of the molecule is CC1CCC(CCC(=O)N2C[C@H]3CNC[C@H]3C2)O1.Cl. The van der Waals surface area contributed by atoms with Crippen LogP contribution < -0.4 is 5.32 Å². The summed E-state index contributed by atoms with van der Waals surface area (Å²) in [7, 11) is 0. The van der Waals surface area contributed by atoms with Crippen molar-refractivity contribution in [1.29, 1.82) is 0 Å². The molecule has 3 saturated heterocycles. The maximum Gasteiger partial charge on any atom is 0.222 e. The Morgan fingerprint density at radius 3 is 2.53 bits per heavy atom. The second-order valence-corrected chi connectivity index (χ2v) is 6.16. The maximum atomic E-state index is 12.2. The summed E-state index contributed by atoms with van der Waals surface area (Å²) in [4.78, 5) is 14.2. The fraction of sp³-hybridized carbons (Fsp3) is 0.929. The molecule has 3 aliphatic rings. The van der Waals surface area contributed by atoms with E-state index in [0.717, 1.165) is 45.4 Å². The van der Waals surface area contributed by atoms with Gasteiger partial charge in [0.05, 0.1) is 12.2 Å². The number of halogens is 1. The van der Waals surface area contributed by atoms with Gasteiger partial charge in [0.1, 0.15) is 0 Å². The molecule has 0 aliphatic carbocycles. The summed E-state index contributed by atoms with van der Waals surface area (Å²) in [6.45, 7) is 6.25. The minimum Gasteiger partial charge on any atom is -0.375 e. The van der Waals surface area contributed by atoms with Gasteiger partial charge in [-0.15, -0.1) is 12.4 Å². The van der Waals surface area contributed by atoms with Crippen molar-refractivity contribution in [2.75, 3.05) is 26.2 Å². The molecule has 0 aromatic heterocycles. The van der Waals surface area contributed by atoms with Crippen molar-refractivity contribution >= 4 is 18.3 Å². The number of nitrogens with zero attached hydrogens (tertiary/aromatic N) is 1. The monoisotopic (exact) mass is 288 g/mol. The van der Waals surface area contributed by atoms with Gasteiger partial charge in [0.25, 0.3) is 0 Å². The van der Waals surface area contributed by atoms with Gasteiger partial charge in [0, 0.05) is 32.6 Å². The number of ether oxygens (including phenoxy) is 1. The summed E-state index contributed by atoms with van der Waals surface area (Å²) in [6, 6.07) is 0. The van der Waals surface area contributed by atoms with E-state index in [-0.39, 0.29) is 12.4 Å². The number of carbonyl (C=O) groups excluding carboxylic acids is 1. The molecule has 3 aliphatic heterocycles. The van der Waals surface area contributed by atoms with Gasteiger partial charge < -0.3 is 15.0 Å². The molecule has 1 amide bonds. The third kappa shape index (κ3) is 3.41. The van der Waals surface area contributed by atoms with Crippen LogP contribution >= 0.6 is 12.4 Å². The fourth-order valence-electron chi connectivity index (χ4n) is 3.60. The van der Waals surface area contributed by atoms with Gasteiger partial charge >= 0.3 is 0 Å². The van der Waals surface area contributed by atoms with E-state index in [1.54, 1.807) is 0 Å². The van der Waals surface area contributed by atoms with Crippen molar-refractivity contribution < 1.29 is 9.53 Å². The van der Waals surface area contributed by atoms with E-state index in [9.17, 15) is 4.79 Å². The Morgan fingerprint density at radius 1 is 1.26 bits per heavy atom. The average molecular weight is 289 g/mol. The molecular formula is C14H25ClN2O2. The second kappa shape index (κ2) is 6.42. The van der Waals surface area contributed by atoms with Gasteiger partial charge in [0.2, 0.25) is 5.91 Å². The molecule has 0 radical (unpaired) electrons. The highest BCUT2D eigenvalue weighted by molar-refractivity contribution is 5.85. The standard InChI is InChI=1S/C14H24N2O2.ClH/c1-10-2-3-13(18-10)4-5-14(17)16-8-11-6-15-7-12(11)9-16;/h10-13,15H,2-9H2,1H3;1H/t10?,11-,12+,13?;. The number of amides is 1. The molecule has 0 aromatic rings. The molecule has 0 saturated carbocycles. The van der Waals surface area contributed by atoms with Crippen molar-refractivity contribution in [2.24, 2.45) is 11.8 Å². The highest BCUT2D eigenvalue weighted by atomic mass is 35.5. The number of hydrogen-bond acceptors (Lipinski definition) is 3. The molecule has 5 heteroatoms. The molecule has 3 heterocycles. The van der Waals surface area contributed by atoms with Gasteiger partial charge in [0.15, 0.2) is 0 Å². The van der Waals surface area contributed by atoms with E-state index in [0.29, 0.717) is 36.4 Å². The zero-order chi connectivity index (χ0) is 12.5. The lowest BCUT2D eigenvalue weighted by Crippen LogP contribution is -2.32. The summed E-state index contributed by atoms with van der Waals surface area (Å²) < 4.78 is 5.77. The maximum absolute atomic E-state index is 12.2. The Morgan fingerprint density at radius 2 is 1.95 bits per heavy atom. The molecule has 3 fully saturated rings. The number of likely N-dealkylation sites (tertiary alicyclic amines) is 1. The Hall–Kier alpha value is -0.320. The first kappa shape index (κ1) is 15.1. The van der Waals surface area contributed by atoms with Crippen molar-refractivity contribution in [3.8, 4) is 0 Å². The normalized spacial score (nSPS) is 37.2. The van der Waals surface area contributed by atoms with Crippen LogP contribution in [0, 0.1) is 11.8 Å². The lowest BCUT2D eigenvalue weighted by atomic mass is 10.0. The molecule has 4 nitrogen and oxygen atoms in total. The largest absolute Gasteiger partial charge is 0.375 e. The number of rotatable bonds is 3. The van der Waals surface area contributed by atoms with Gasteiger partial charge in [-0.25, -0.2) is 0 Å². The van der Waals surface area contributed by atoms with E-state index >= 15 is 0 Å². The third-order valence-electron chi connectivity index (χ3n) is 4.74. The quantitative estimate of drug-likeness (QED) is 0.854. The number of nitrogens with one attached hydrogen (secondary N) is 1. The van der Waals surface area contributed by atoms with Crippen LogP contribution in [0.25, 0.3) is 0 Å². The predicted molar refractivity (Wildman–Crippen MR) is 76.5 cm³/mol. The van der Waals surface area contributed by atoms with Crippen molar-refractivity contribution in [3.63, 3.8) is 0 Å². The minimum atomic E-state index is 0. The van der Waals surface area contributed by atoms with E-state index in [1.807, 2.05) is 0 Å². The molecule has 19 heavy (non-hydrogen) atoms. The predicted octanol–water partition coefficient (Wildman–Crippen LogP) is 1.43. The molecule has 110 valence electrons. The first-order chi connectivity index (χ1) is 8.72. The lowest BCUT2D eigenvalue weighted by Gasteiger charge is -2.18. The average Bonchev–Trinajstić information content (AvgIpc) is 3.00. The fourth-order valence-corrected chi connectivity index (χ4v) is 3.60. The number of fused-ring (bicyclic) bond motifs is 1. The van der Waals surface area contributed by atoms with Gasteiger partial charge in [-0.2, -0.15) is 0 Å². The molecule has 4 atom stereocenters. The summed E-state index contributed by atoms with van der Waals surface area (Å²) >= 11 is 0. The smallest absolute Gasteiger partial charge is 0.222 e. The molecule has 3 rings (SSSR count). The summed E-state index contributed by atoms with van der Waals surface area (Å²) in [6.07, 6.45) is 4.58. The van der Waals surface area contributed by atoms with Crippen LogP contribution in [0.15, 0.2) is 0 Å². The zero-order valence-corrected chi connectivity index (χ0v) is 12.5. The number of hydrogen-bond donors (Lipinski definition) is 1. The Balaban J connectivity index is 0.00000133. The Labute approximate surface area is 121 Å². The van der Waals surface area contributed by atoms with Crippen LogP contribution in [0.3, 0.4) is 0 Å². The molecule has 2 unspecified atom stereocenters. The van der Waals surface area contributed by atoms with Crippen LogP contribution in [0.4, 0.5) is 0 Å². The van der Waals surface area contributed by atoms with E-state index in [1.165, 1.54) is 0 Å². The van der Waals surface area contributed by atoms with Crippen LogP contribution in [-0.2, 0) is 9.53 Å². The second-order valence-electron chi connectivity index (χ2n) is 6.16. The first-order valence-electron chi connectivity index (χ1n) is 7.36. The Bertz CT molecular complexity index is 315. The topological polar surface area (TPSA) is 41.6 Å². The van der Waals surface area contributed by atoms with Crippen molar-refractivity contribution in [1.82, 2.24) is 10.2 Å². The van der Waals surface area contributed by atoms with Gasteiger partial charge in [-0.1, -0.05) is 0 Å². The highest BCUT2D eigenvalue weighted by Gasteiger charge is 2.38. The van der Waals surface area contributed by atoms with E-state index in [2.05, 4.69) is 17.1 Å². The molecule has 0 spiro atoms. The molecule has 0 bridgehead atoms. The van der Waals surface area contributed by atoms with E-state index < -0.39 is 0 Å². The number of carbonyl (C=O) groups is 1. The summed E-state index contributed by atoms with van der Waals surface area (Å²) in [5.74, 6) is 1.75. The third-order valence-corrected chi connectivity index (χ3v) is 4.74.